The largest absolute Gasteiger partial charge is 0.340 e. The summed E-state index contributed by atoms with van der Waals surface area (Å²) >= 11 is 5.92. The molecule has 1 aliphatic rings. The fraction of sp³-hybridized carbons (Fsp3) is 0.462. The quantitative estimate of drug-likeness (QED) is 0.893. The Morgan fingerprint density at radius 1 is 1.59 bits per heavy atom. The number of carbonyl (C=O) groups excluding carboxylic acids is 1. The SMILES string of the molecule is CN(Cc1cccc(Cl)c1)C(=O)[C@H]1CCCN1. The van der Waals surface area contributed by atoms with E-state index in [4.69, 9.17) is 11.6 Å². The summed E-state index contributed by atoms with van der Waals surface area (Å²) in [5.41, 5.74) is 1.06. The Morgan fingerprint density at radius 3 is 3.06 bits per heavy atom. The second-order valence-corrected chi connectivity index (χ2v) is 4.91. The third kappa shape index (κ3) is 3.20. The minimum atomic E-state index is -0.000755. The summed E-state index contributed by atoms with van der Waals surface area (Å²) in [4.78, 5) is 13.8. The maximum absolute atomic E-state index is 12.1. The Hall–Kier alpha value is -1.06. The Kier molecular flexibility index (Phi) is 4.02. The number of likely N-dealkylation sites (N-methyl/N-ethyl adjacent to an activating group) is 1. The molecule has 1 N–H and O–H groups in total. The summed E-state index contributed by atoms with van der Waals surface area (Å²) in [5, 5.41) is 3.93. The van der Waals surface area contributed by atoms with Gasteiger partial charge in [0.2, 0.25) is 5.91 Å². The van der Waals surface area contributed by atoms with Gasteiger partial charge in [-0.25, -0.2) is 0 Å². The lowest BCUT2D eigenvalue weighted by atomic mass is 10.1. The molecule has 2 rings (SSSR count). The zero-order valence-corrected chi connectivity index (χ0v) is 10.7. The molecule has 1 aromatic rings. The highest BCUT2D eigenvalue weighted by molar-refractivity contribution is 6.30. The predicted octanol–water partition coefficient (Wildman–Crippen LogP) is 2.05. The number of amides is 1. The molecule has 1 aliphatic heterocycles. The van der Waals surface area contributed by atoms with Gasteiger partial charge in [0.1, 0.15) is 0 Å². The average Bonchev–Trinajstić information content (AvgIpc) is 2.81. The van der Waals surface area contributed by atoms with Gasteiger partial charge in [0.25, 0.3) is 0 Å². The monoisotopic (exact) mass is 252 g/mol. The average molecular weight is 253 g/mol. The van der Waals surface area contributed by atoms with Crippen molar-refractivity contribution in [1.82, 2.24) is 10.2 Å². The highest BCUT2D eigenvalue weighted by Crippen LogP contribution is 2.14. The number of carbonyl (C=O) groups is 1. The van der Waals surface area contributed by atoms with Crippen LogP contribution in [0.1, 0.15) is 18.4 Å². The highest BCUT2D eigenvalue weighted by Gasteiger charge is 2.24. The van der Waals surface area contributed by atoms with Crippen molar-refractivity contribution >= 4 is 17.5 Å². The summed E-state index contributed by atoms with van der Waals surface area (Å²) in [6.07, 6.45) is 2.03. The standard InChI is InChI=1S/C13H17ClN2O/c1-16(13(17)12-6-3-7-15-12)9-10-4-2-5-11(14)8-10/h2,4-5,8,12,15H,3,6-7,9H2,1H3/t12-/m1/s1. The number of rotatable bonds is 3. The Morgan fingerprint density at radius 2 is 2.41 bits per heavy atom. The lowest BCUT2D eigenvalue weighted by Crippen LogP contribution is -2.41. The van der Waals surface area contributed by atoms with E-state index >= 15 is 0 Å². The van der Waals surface area contributed by atoms with Gasteiger partial charge in [0.05, 0.1) is 6.04 Å². The normalized spacial score (nSPS) is 19.3. The van der Waals surface area contributed by atoms with Crippen molar-refractivity contribution in [3.05, 3.63) is 34.9 Å². The van der Waals surface area contributed by atoms with Gasteiger partial charge in [0, 0.05) is 18.6 Å². The topological polar surface area (TPSA) is 32.3 Å². The van der Waals surface area contributed by atoms with Crippen molar-refractivity contribution < 1.29 is 4.79 Å². The van der Waals surface area contributed by atoms with Gasteiger partial charge in [-0.05, 0) is 37.1 Å². The smallest absolute Gasteiger partial charge is 0.239 e. The van der Waals surface area contributed by atoms with Crippen molar-refractivity contribution in [2.75, 3.05) is 13.6 Å². The van der Waals surface area contributed by atoms with Gasteiger partial charge in [0.15, 0.2) is 0 Å². The molecule has 1 amide bonds. The molecule has 1 heterocycles. The van der Waals surface area contributed by atoms with Gasteiger partial charge in [-0.3, -0.25) is 4.79 Å². The van der Waals surface area contributed by atoms with Crippen LogP contribution >= 0.6 is 11.6 Å². The van der Waals surface area contributed by atoms with Crippen LogP contribution in [0.25, 0.3) is 0 Å². The summed E-state index contributed by atoms with van der Waals surface area (Å²) in [5.74, 6) is 0.169. The van der Waals surface area contributed by atoms with E-state index in [-0.39, 0.29) is 11.9 Å². The van der Waals surface area contributed by atoms with Crippen LogP contribution in [0.2, 0.25) is 5.02 Å². The van der Waals surface area contributed by atoms with Gasteiger partial charge in [-0.15, -0.1) is 0 Å². The van der Waals surface area contributed by atoms with E-state index in [9.17, 15) is 4.79 Å². The zero-order valence-electron chi connectivity index (χ0n) is 9.95. The van der Waals surface area contributed by atoms with Crippen LogP contribution in [0.3, 0.4) is 0 Å². The van der Waals surface area contributed by atoms with E-state index in [2.05, 4.69) is 5.32 Å². The van der Waals surface area contributed by atoms with Crippen LogP contribution in [-0.4, -0.2) is 30.4 Å². The molecule has 1 atom stereocenters. The number of nitrogens with zero attached hydrogens (tertiary/aromatic N) is 1. The van der Waals surface area contributed by atoms with Crippen LogP contribution in [0.4, 0.5) is 0 Å². The van der Waals surface area contributed by atoms with Crippen molar-refractivity contribution in [1.29, 1.82) is 0 Å². The van der Waals surface area contributed by atoms with E-state index in [1.807, 2.05) is 31.3 Å². The molecule has 0 spiro atoms. The van der Waals surface area contributed by atoms with Crippen molar-refractivity contribution in [2.24, 2.45) is 0 Å². The molecule has 4 heteroatoms. The van der Waals surface area contributed by atoms with E-state index in [0.717, 1.165) is 24.9 Å². The minimum absolute atomic E-state index is 0.000755. The van der Waals surface area contributed by atoms with Crippen molar-refractivity contribution in [3.63, 3.8) is 0 Å². The van der Waals surface area contributed by atoms with Gasteiger partial charge >= 0.3 is 0 Å². The molecule has 0 radical (unpaired) electrons. The molecule has 0 bridgehead atoms. The Bertz CT molecular complexity index is 402. The van der Waals surface area contributed by atoms with E-state index < -0.39 is 0 Å². The lowest BCUT2D eigenvalue weighted by molar-refractivity contribution is -0.132. The van der Waals surface area contributed by atoms with E-state index in [0.29, 0.717) is 11.6 Å². The first kappa shape index (κ1) is 12.4. The first-order valence-electron chi connectivity index (χ1n) is 5.89. The minimum Gasteiger partial charge on any atom is -0.340 e. The van der Waals surface area contributed by atoms with Crippen LogP contribution in [-0.2, 0) is 11.3 Å². The third-order valence-electron chi connectivity index (χ3n) is 3.04. The second kappa shape index (κ2) is 5.52. The fourth-order valence-electron chi connectivity index (χ4n) is 2.15. The van der Waals surface area contributed by atoms with Crippen LogP contribution in [0, 0.1) is 0 Å². The Labute approximate surface area is 107 Å². The molecule has 3 nitrogen and oxygen atoms in total. The molecule has 0 unspecified atom stereocenters. The zero-order chi connectivity index (χ0) is 12.3. The molecule has 0 aromatic heterocycles. The fourth-order valence-corrected chi connectivity index (χ4v) is 2.36. The molecule has 1 aromatic carbocycles. The molecule has 1 fully saturated rings. The second-order valence-electron chi connectivity index (χ2n) is 4.47. The summed E-state index contributed by atoms with van der Waals surface area (Å²) in [7, 11) is 1.84. The van der Waals surface area contributed by atoms with Crippen molar-refractivity contribution in [2.45, 2.75) is 25.4 Å². The molecule has 92 valence electrons. The predicted molar refractivity (Wildman–Crippen MR) is 69.0 cm³/mol. The number of hydrogen-bond donors (Lipinski definition) is 1. The first-order chi connectivity index (χ1) is 8.16. The van der Waals surface area contributed by atoms with Crippen molar-refractivity contribution in [3.8, 4) is 0 Å². The number of halogens is 1. The van der Waals surface area contributed by atoms with Crippen LogP contribution < -0.4 is 5.32 Å². The number of nitrogens with one attached hydrogen (secondary N) is 1. The van der Waals surface area contributed by atoms with E-state index in [1.54, 1.807) is 4.90 Å². The molecule has 0 saturated carbocycles. The molecule has 17 heavy (non-hydrogen) atoms. The summed E-state index contributed by atoms with van der Waals surface area (Å²) in [6.45, 7) is 1.55. The van der Waals surface area contributed by atoms with Crippen LogP contribution in [0.5, 0.6) is 0 Å². The number of hydrogen-bond acceptors (Lipinski definition) is 2. The van der Waals surface area contributed by atoms with Gasteiger partial charge in [-0.2, -0.15) is 0 Å². The molecule has 1 saturated heterocycles. The van der Waals surface area contributed by atoms with Gasteiger partial charge in [-0.1, -0.05) is 23.7 Å². The maximum Gasteiger partial charge on any atom is 0.239 e. The van der Waals surface area contributed by atoms with Crippen LogP contribution in [0.15, 0.2) is 24.3 Å². The lowest BCUT2D eigenvalue weighted by Gasteiger charge is -2.21. The highest BCUT2D eigenvalue weighted by atomic mass is 35.5. The molecule has 0 aliphatic carbocycles. The Balaban J connectivity index is 1.96. The first-order valence-corrected chi connectivity index (χ1v) is 6.27. The summed E-state index contributed by atoms with van der Waals surface area (Å²) < 4.78 is 0. The third-order valence-corrected chi connectivity index (χ3v) is 3.28. The maximum atomic E-state index is 12.1. The molecular weight excluding hydrogens is 236 g/mol. The van der Waals surface area contributed by atoms with Gasteiger partial charge < -0.3 is 10.2 Å². The summed E-state index contributed by atoms with van der Waals surface area (Å²) in [6, 6.07) is 7.62. The molecular formula is C13H17ClN2O. The number of benzene rings is 1. The van der Waals surface area contributed by atoms with E-state index in [1.165, 1.54) is 0 Å².